The molecule has 0 unspecified atom stereocenters. The molecule has 1 amide bonds. The van der Waals surface area contributed by atoms with E-state index in [1.807, 2.05) is 18.2 Å². The zero-order valence-electron chi connectivity index (χ0n) is 14.8. The van der Waals surface area contributed by atoms with Crippen molar-refractivity contribution in [3.05, 3.63) is 46.6 Å². The van der Waals surface area contributed by atoms with Gasteiger partial charge in [0, 0.05) is 5.92 Å². The van der Waals surface area contributed by atoms with Gasteiger partial charge in [-0.05, 0) is 38.1 Å². The molecule has 2 fully saturated rings. The summed E-state index contributed by atoms with van der Waals surface area (Å²) in [4.78, 5) is 25.8. The van der Waals surface area contributed by atoms with Crippen LogP contribution in [0.2, 0.25) is 0 Å². The lowest BCUT2D eigenvalue weighted by Crippen LogP contribution is -2.52. The Bertz CT molecular complexity index is 826. The molecule has 142 valence electrons. The molecule has 3 heterocycles. The highest BCUT2D eigenvalue weighted by Crippen LogP contribution is 2.27. The minimum absolute atomic E-state index is 0.0105. The number of aromatic nitrogens is 2. The zero-order valence-corrected chi connectivity index (χ0v) is 14.8. The number of piperidine rings is 1. The van der Waals surface area contributed by atoms with Crippen molar-refractivity contribution >= 4 is 17.4 Å². The molecule has 2 aliphatic rings. The lowest BCUT2D eigenvalue weighted by atomic mass is 9.94. The molecule has 1 N–H and O–H groups in total. The summed E-state index contributed by atoms with van der Waals surface area (Å²) in [5.41, 5.74) is 0.480. The van der Waals surface area contributed by atoms with Crippen molar-refractivity contribution in [1.29, 1.82) is 0 Å². The maximum absolute atomic E-state index is 12.6. The van der Waals surface area contributed by atoms with Gasteiger partial charge in [-0.25, -0.2) is 4.68 Å². The van der Waals surface area contributed by atoms with E-state index < -0.39 is 4.92 Å². The van der Waals surface area contributed by atoms with Crippen LogP contribution in [0.25, 0.3) is 5.69 Å². The molecule has 2 aromatic rings. The molecule has 4 rings (SSSR count). The maximum Gasteiger partial charge on any atom is 0.331 e. The van der Waals surface area contributed by atoms with Crippen molar-refractivity contribution in [2.45, 2.75) is 18.9 Å². The molecule has 0 radical (unpaired) electrons. The Hall–Kier alpha value is -2.78. The van der Waals surface area contributed by atoms with E-state index in [9.17, 15) is 14.9 Å². The number of amides is 1. The first-order chi connectivity index (χ1) is 13.1. The fraction of sp³-hybridized carbons (Fsp3) is 0.444. The van der Waals surface area contributed by atoms with Crippen LogP contribution in [0.4, 0.5) is 11.5 Å². The number of ether oxygens (including phenoxy) is 1. The first-order valence-electron chi connectivity index (χ1n) is 9.04. The third-order valence-corrected chi connectivity index (χ3v) is 5.19. The number of carbonyl (C=O) groups is 1. The molecule has 0 atom stereocenters. The van der Waals surface area contributed by atoms with Gasteiger partial charge in [-0.3, -0.25) is 19.8 Å². The number of hydrogen-bond acceptors (Lipinski definition) is 6. The van der Waals surface area contributed by atoms with Gasteiger partial charge in [0.2, 0.25) is 11.7 Å². The summed E-state index contributed by atoms with van der Waals surface area (Å²) in [6.45, 7) is 3.21. The van der Waals surface area contributed by atoms with Gasteiger partial charge in [-0.2, -0.15) is 0 Å². The topological polar surface area (TPSA) is 103 Å². The summed E-state index contributed by atoms with van der Waals surface area (Å²) in [5.74, 6) is -0.381. The van der Waals surface area contributed by atoms with E-state index in [2.05, 4.69) is 15.3 Å². The van der Waals surface area contributed by atoms with Crippen molar-refractivity contribution in [3.63, 3.8) is 0 Å². The van der Waals surface area contributed by atoms with Gasteiger partial charge in [-0.1, -0.05) is 18.2 Å². The maximum atomic E-state index is 12.6. The molecule has 9 nitrogen and oxygen atoms in total. The number of benzene rings is 1. The zero-order chi connectivity index (χ0) is 18.8. The normalized spacial score (nSPS) is 18.8. The summed E-state index contributed by atoms with van der Waals surface area (Å²) >= 11 is 0. The fourth-order valence-electron chi connectivity index (χ4n) is 3.48. The molecule has 0 spiro atoms. The van der Waals surface area contributed by atoms with Crippen LogP contribution in [0, 0.1) is 16.0 Å². The Kier molecular flexibility index (Phi) is 4.87. The fourth-order valence-corrected chi connectivity index (χ4v) is 3.48. The SMILES string of the molecule is O=C(Nc1nn(-c2ccccc2)cc1[N+](=O)[O-])C1CCN(C2COC2)CC1. The summed E-state index contributed by atoms with van der Waals surface area (Å²) in [7, 11) is 0. The molecule has 0 aliphatic carbocycles. The van der Waals surface area contributed by atoms with E-state index >= 15 is 0 Å². The highest BCUT2D eigenvalue weighted by molar-refractivity contribution is 5.93. The average Bonchev–Trinajstić information content (AvgIpc) is 3.06. The van der Waals surface area contributed by atoms with E-state index in [0.717, 1.165) is 39.1 Å². The minimum Gasteiger partial charge on any atom is -0.378 e. The van der Waals surface area contributed by atoms with E-state index in [1.165, 1.54) is 10.9 Å². The Labute approximate surface area is 156 Å². The Morgan fingerprint density at radius 1 is 1.22 bits per heavy atom. The van der Waals surface area contributed by atoms with E-state index in [4.69, 9.17) is 4.74 Å². The molecule has 2 aliphatic heterocycles. The van der Waals surface area contributed by atoms with Gasteiger partial charge >= 0.3 is 5.69 Å². The first kappa shape index (κ1) is 17.6. The largest absolute Gasteiger partial charge is 0.378 e. The number of nitro groups is 1. The third-order valence-electron chi connectivity index (χ3n) is 5.19. The van der Waals surface area contributed by atoms with Gasteiger partial charge < -0.3 is 10.1 Å². The van der Waals surface area contributed by atoms with Crippen LogP contribution in [0.3, 0.4) is 0 Å². The Morgan fingerprint density at radius 2 is 1.93 bits per heavy atom. The first-order valence-corrected chi connectivity index (χ1v) is 9.04. The average molecular weight is 371 g/mol. The molecular weight excluding hydrogens is 350 g/mol. The van der Waals surface area contributed by atoms with Crippen LogP contribution in [-0.2, 0) is 9.53 Å². The number of likely N-dealkylation sites (tertiary alicyclic amines) is 1. The number of nitrogens with one attached hydrogen (secondary N) is 1. The second kappa shape index (κ2) is 7.45. The monoisotopic (exact) mass is 371 g/mol. The minimum atomic E-state index is -0.527. The predicted octanol–water partition coefficient (Wildman–Crippen LogP) is 1.83. The predicted molar refractivity (Wildman–Crippen MR) is 97.8 cm³/mol. The molecule has 1 aromatic heterocycles. The highest BCUT2D eigenvalue weighted by atomic mass is 16.6. The van der Waals surface area contributed by atoms with Crippen molar-refractivity contribution < 1.29 is 14.5 Å². The number of nitrogens with zero attached hydrogens (tertiary/aromatic N) is 4. The summed E-state index contributed by atoms with van der Waals surface area (Å²) in [5, 5.41) is 18.3. The van der Waals surface area contributed by atoms with E-state index in [-0.39, 0.29) is 23.3 Å². The molecule has 0 saturated carbocycles. The standard InChI is InChI=1S/C18H21N5O4/c24-18(13-6-8-21(9-7-13)15-11-27-12-15)19-17-16(23(25)26)10-22(20-17)14-4-2-1-3-5-14/h1-5,10,13,15H,6-9,11-12H2,(H,19,20,24). The number of hydrogen-bond donors (Lipinski definition) is 1. The Morgan fingerprint density at radius 3 is 2.52 bits per heavy atom. The lowest BCUT2D eigenvalue weighted by Gasteiger charge is -2.41. The molecular formula is C18H21N5O4. The quantitative estimate of drug-likeness (QED) is 0.635. The van der Waals surface area contributed by atoms with Crippen molar-refractivity contribution in [3.8, 4) is 5.69 Å². The lowest BCUT2D eigenvalue weighted by molar-refractivity contribution is -0.384. The van der Waals surface area contributed by atoms with E-state index in [0.29, 0.717) is 11.7 Å². The number of rotatable bonds is 5. The third kappa shape index (κ3) is 3.69. The second-order valence-electron chi connectivity index (χ2n) is 6.89. The Balaban J connectivity index is 1.44. The van der Waals surface area contributed by atoms with E-state index in [1.54, 1.807) is 12.1 Å². The van der Waals surface area contributed by atoms with Gasteiger partial charge in [0.1, 0.15) is 6.20 Å². The van der Waals surface area contributed by atoms with Crippen LogP contribution in [0.5, 0.6) is 0 Å². The highest BCUT2D eigenvalue weighted by Gasteiger charge is 2.33. The van der Waals surface area contributed by atoms with Crippen molar-refractivity contribution in [2.75, 3.05) is 31.6 Å². The smallest absolute Gasteiger partial charge is 0.331 e. The van der Waals surface area contributed by atoms with Crippen LogP contribution in [0.15, 0.2) is 36.5 Å². The number of para-hydroxylation sites is 1. The van der Waals surface area contributed by atoms with Gasteiger partial charge in [0.05, 0.1) is 29.9 Å². The molecule has 27 heavy (non-hydrogen) atoms. The van der Waals surface area contributed by atoms with Gasteiger partial charge in [0.25, 0.3) is 0 Å². The van der Waals surface area contributed by atoms with Gasteiger partial charge in [0.15, 0.2) is 0 Å². The molecule has 2 saturated heterocycles. The summed E-state index contributed by atoms with van der Waals surface area (Å²) in [6, 6.07) is 9.55. The van der Waals surface area contributed by atoms with Crippen molar-refractivity contribution in [1.82, 2.24) is 14.7 Å². The molecule has 9 heteroatoms. The summed E-state index contributed by atoms with van der Waals surface area (Å²) < 4.78 is 6.63. The van der Waals surface area contributed by atoms with Crippen molar-refractivity contribution in [2.24, 2.45) is 5.92 Å². The van der Waals surface area contributed by atoms with Crippen LogP contribution >= 0.6 is 0 Å². The molecule has 0 bridgehead atoms. The van der Waals surface area contributed by atoms with Gasteiger partial charge in [-0.15, -0.1) is 5.10 Å². The molecule has 1 aromatic carbocycles. The second-order valence-corrected chi connectivity index (χ2v) is 6.89. The number of anilines is 1. The van der Waals surface area contributed by atoms with Crippen LogP contribution in [0.1, 0.15) is 12.8 Å². The van der Waals surface area contributed by atoms with Crippen LogP contribution < -0.4 is 5.32 Å². The summed E-state index contributed by atoms with van der Waals surface area (Å²) in [6.07, 6.45) is 2.79. The number of carbonyl (C=O) groups excluding carboxylic acids is 1. The van der Waals surface area contributed by atoms with Crippen LogP contribution in [-0.4, -0.2) is 57.9 Å².